The fourth-order valence-corrected chi connectivity index (χ4v) is 2.68. The van der Waals surface area contributed by atoms with Crippen molar-refractivity contribution in [3.8, 4) is 11.5 Å². The smallest absolute Gasteiger partial charge is 0.242 e. The summed E-state index contributed by atoms with van der Waals surface area (Å²) in [6.07, 6.45) is 0.851. The number of carbonyl (C=O) groups is 2. The molecule has 0 aliphatic rings. The number of nitrogens with one attached hydrogen (secondary N) is 1. The number of hydrogen-bond acceptors (Lipinski definition) is 7. The Morgan fingerprint density at radius 2 is 2.00 bits per heavy atom. The molecule has 156 valence electrons. The summed E-state index contributed by atoms with van der Waals surface area (Å²) in [5.74, 6) is -2.96. The molecular formula is C19H18F2N6O3. The quantitative estimate of drug-likeness (QED) is 0.468. The highest BCUT2D eigenvalue weighted by atomic mass is 19.1. The van der Waals surface area contributed by atoms with Crippen molar-refractivity contribution in [2.45, 2.75) is 19.5 Å². The molecule has 0 spiro atoms. The van der Waals surface area contributed by atoms with Gasteiger partial charge in [-0.2, -0.15) is 5.10 Å². The van der Waals surface area contributed by atoms with Gasteiger partial charge >= 0.3 is 0 Å². The van der Waals surface area contributed by atoms with Gasteiger partial charge in [0, 0.05) is 12.5 Å². The van der Waals surface area contributed by atoms with Crippen LogP contribution in [0.5, 0.6) is 0 Å². The minimum atomic E-state index is -1.26. The zero-order chi connectivity index (χ0) is 21.8. The number of Topliss-reactive ketones (excluding diaryl/α,β-unsaturated/α-hetero) is 1. The molecule has 3 aromatic rings. The SMILES string of the molecule is CC(=O)c1cc(-c2ncc(F)c(N[C@@H](CO)C(N)=O)n2)nn1Cc1ccccc1F. The number of rotatable bonds is 8. The maximum absolute atomic E-state index is 14.0. The highest BCUT2D eigenvalue weighted by Gasteiger charge is 2.20. The molecule has 0 bridgehead atoms. The van der Waals surface area contributed by atoms with Crippen molar-refractivity contribution >= 4 is 17.5 Å². The molecule has 9 nitrogen and oxygen atoms in total. The first-order chi connectivity index (χ1) is 14.3. The second-order valence-corrected chi connectivity index (χ2v) is 6.39. The van der Waals surface area contributed by atoms with Crippen LogP contribution in [-0.4, -0.2) is 49.2 Å². The molecule has 2 aromatic heterocycles. The van der Waals surface area contributed by atoms with Gasteiger partial charge in [-0.3, -0.25) is 14.3 Å². The van der Waals surface area contributed by atoms with Crippen LogP contribution in [0.25, 0.3) is 11.5 Å². The van der Waals surface area contributed by atoms with Gasteiger partial charge in [0.2, 0.25) is 5.91 Å². The van der Waals surface area contributed by atoms with Crippen molar-refractivity contribution in [1.82, 2.24) is 19.7 Å². The molecule has 0 radical (unpaired) electrons. The second-order valence-electron chi connectivity index (χ2n) is 6.39. The van der Waals surface area contributed by atoms with E-state index in [2.05, 4.69) is 20.4 Å². The van der Waals surface area contributed by atoms with E-state index in [1.807, 2.05) is 0 Å². The molecule has 0 saturated heterocycles. The van der Waals surface area contributed by atoms with Gasteiger partial charge in [-0.25, -0.2) is 18.7 Å². The number of aliphatic hydroxyl groups is 1. The lowest BCUT2D eigenvalue weighted by Gasteiger charge is -2.13. The monoisotopic (exact) mass is 416 g/mol. The number of ketones is 1. The molecule has 0 aliphatic carbocycles. The summed E-state index contributed by atoms with van der Waals surface area (Å²) in [5, 5.41) is 15.8. The highest BCUT2D eigenvalue weighted by Crippen LogP contribution is 2.21. The molecule has 3 rings (SSSR count). The molecule has 1 aromatic carbocycles. The minimum Gasteiger partial charge on any atom is -0.394 e. The average Bonchev–Trinajstić information content (AvgIpc) is 3.13. The summed E-state index contributed by atoms with van der Waals surface area (Å²) >= 11 is 0. The molecule has 0 unspecified atom stereocenters. The van der Waals surface area contributed by atoms with E-state index in [1.54, 1.807) is 18.2 Å². The Bertz CT molecular complexity index is 1100. The molecule has 0 aliphatic heterocycles. The number of nitrogens with two attached hydrogens (primary N) is 1. The predicted molar refractivity (Wildman–Crippen MR) is 102 cm³/mol. The fraction of sp³-hybridized carbons (Fsp3) is 0.211. The lowest BCUT2D eigenvalue weighted by Crippen LogP contribution is -2.38. The van der Waals surface area contributed by atoms with E-state index in [4.69, 9.17) is 5.73 Å². The predicted octanol–water partition coefficient (Wildman–Crippen LogP) is 1.13. The van der Waals surface area contributed by atoms with E-state index in [-0.39, 0.29) is 35.4 Å². The first-order valence-electron chi connectivity index (χ1n) is 8.82. The van der Waals surface area contributed by atoms with E-state index < -0.39 is 30.2 Å². The zero-order valence-electron chi connectivity index (χ0n) is 15.8. The maximum atomic E-state index is 14.0. The Labute approximate surface area is 169 Å². The van der Waals surface area contributed by atoms with Crippen LogP contribution < -0.4 is 11.1 Å². The third kappa shape index (κ3) is 4.46. The van der Waals surface area contributed by atoms with E-state index in [9.17, 15) is 23.5 Å². The Hall–Kier alpha value is -3.73. The standard InChI is InChI=1S/C19H18F2N6O3/c1-10(29)16-6-14(26-27(16)8-11-4-2-3-5-12(11)20)19-23-7-13(21)18(25-19)24-15(9-28)17(22)30/h2-7,15,28H,8-9H2,1H3,(H2,22,30)(H,23,24,25)/t15-/m0/s1. The third-order valence-electron chi connectivity index (χ3n) is 4.23. The second kappa shape index (κ2) is 8.74. The maximum Gasteiger partial charge on any atom is 0.242 e. The van der Waals surface area contributed by atoms with Crippen LogP contribution in [0.4, 0.5) is 14.6 Å². The van der Waals surface area contributed by atoms with Gasteiger partial charge in [-0.15, -0.1) is 0 Å². The Morgan fingerprint density at radius 1 is 1.27 bits per heavy atom. The van der Waals surface area contributed by atoms with Gasteiger partial charge in [0.1, 0.15) is 23.2 Å². The van der Waals surface area contributed by atoms with Crippen LogP contribution in [0.3, 0.4) is 0 Å². The number of carbonyl (C=O) groups excluding carboxylic acids is 2. The number of benzene rings is 1. The lowest BCUT2D eigenvalue weighted by atomic mass is 10.2. The van der Waals surface area contributed by atoms with Crippen molar-refractivity contribution in [2.75, 3.05) is 11.9 Å². The van der Waals surface area contributed by atoms with Crippen LogP contribution in [-0.2, 0) is 11.3 Å². The number of nitrogens with zero attached hydrogens (tertiary/aromatic N) is 4. The van der Waals surface area contributed by atoms with Gasteiger partial charge in [-0.1, -0.05) is 18.2 Å². The van der Waals surface area contributed by atoms with Crippen LogP contribution >= 0.6 is 0 Å². The number of amides is 1. The van der Waals surface area contributed by atoms with Gasteiger partial charge in [0.15, 0.2) is 23.2 Å². The zero-order valence-corrected chi connectivity index (χ0v) is 15.8. The van der Waals surface area contributed by atoms with Crippen molar-refractivity contribution < 1.29 is 23.5 Å². The molecule has 11 heteroatoms. The number of aliphatic hydroxyl groups excluding tert-OH is 1. The van der Waals surface area contributed by atoms with Crippen molar-refractivity contribution in [3.05, 3.63) is 59.4 Å². The van der Waals surface area contributed by atoms with Crippen molar-refractivity contribution in [1.29, 1.82) is 0 Å². The van der Waals surface area contributed by atoms with Crippen molar-refractivity contribution in [3.63, 3.8) is 0 Å². The topological polar surface area (TPSA) is 136 Å². The normalized spacial score (nSPS) is 11.9. The molecule has 1 atom stereocenters. The van der Waals surface area contributed by atoms with E-state index in [0.29, 0.717) is 5.56 Å². The molecule has 30 heavy (non-hydrogen) atoms. The Morgan fingerprint density at radius 3 is 2.63 bits per heavy atom. The summed E-state index contributed by atoms with van der Waals surface area (Å²) in [6, 6.07) is 6.21. The molecule has 2 heterocycles. The Kier molecular flexibility index (Phi) is 6.11. The summed E-state index contributed by atoms with van der Waals surface area (Å²) < 4.78 is 29.3. The largest absolute Gasteiger partial charge is 0.394 e. The number of hydrogen-bond donors (Lipinski definition) is 3. The van der Waals surface area contributed by atoms with Gasteiger partial charge < -0.3 is 16.2 Å². The summed E-state index contributed by atoms with van der Waals surface area (Å²) in [4.78, 5) is 31.1. The molecule has 4 N–H and O–H groups in total. The van der Waals surface area contributed by atoms with Crippen LogP contribution in [0.1, 0.15) is 23.0 Å². The van der Waals surface area contributed by atoms with E-state index >= 15 is 0 Å². The fourth-order valence-electron chi connectivity index (χ4n) is 2.68. The van der Waals surface area contributed by atoms with Gasteiger partial charge in [0.05, 0.1) is 19.3 Å². The van der Waals surface area contributed by atoms with Crippen molar-refractivity contribution in [2.24, 2.45) is 5.73 Å². The average molecular weight is 416 g/mol. The molecule has 1 amide bonds. The molecule has 0 saturated carbocycles. The molecule has 0 fully saturated rings. The number of halogens is 2. The van der Waals surface area contributed by atoms with Crippen LogP contribution in [0, 0.1) is 11.6 Å². The van der Waals surface area contributed by atoms with Gasteiger partial charge in [-0.05, 0) is 12.1 Å². The minimum absolute atomic E-state index is 0.0118. The summed E-state index contributed by atoms with van der Waals surface area (Å²) in [5.41, 5.74) is 5.77. The first-order valence-corrected chi connectivity index (χ1v) is 8.82. The third-order valence-corrected chi connectivity index (χ3v) is 4.23. The summed E-state index contributed by atoms with van der Waals surface area (Å²) in [6.45, 7) is 0.651. The van der Waals surface area contributed by atoms with E-state index in [0.717, 1.165) is 6.20 Å². The lowest BCUT2D eigenvalue weighted by molar-refractivity contribution is -0.119. The first kappa shape index (κ1) is 21.0. The number of anilines is 1. The van der Waals surface area contributed by atoms with Crippen LogP contribution in [0.15, 0.2) is 36.5 Å². The van der Waals surface area contributed by atoms with Crippen LogP contribution in [0.2, 0.25) is 0 Å². The van der Waals surface area contributed by atoms with Gasteiger partial charge in [0.25, 0.3) is 0 Å². The highest BCUT2D eigenvalue weighted by molar-refractivity contribution is 5.93. The number of aromatic nitrogens is 4. The van der Waals surface area contributed by atoms with E-state index in [1.165, 1.54) is 23.7 Å². The Balaban J connectivity index is 1.98. The summed E-state index contributed by atoms with van der Waals surface area (Å²) in [7, 11) is 0. The molecular weight excluding hydrogens is 398 g/mol. The number of primary amides is 1.